The van der Waals surface area contributed by atoms with Crippen LogP contribution in [0, 0.1) is 17.8 Å². The van der Waals surface area contributed by atoms with E-state index in [0.717, 1.165) is 61.3 Å². The molecule has 41 heavy (non-hydrogen) atoms. The Morgan fingerprint density at radius 3 is 2.29 bits per heavy atom. The van der Waals surface area contributed by atoms with Crippen molar-refractivity contribution in [2.75, 3.05) is 16.8 Å². The van der Waals surface area contributed by atoms with Crippen LogP contribution in [-0.4, -0.2) is 38.2 Å². The monoisotopic (exact) mass is 558 g/mol. The predicted octanol–water partition coefficient (Wildman–Crippen LogP) is 6.73. The Morgan fingerprint density at radius 1 is 1.05 bits per heavy atom. The molecule has 216 valence electrons. The third-order valence-corrected chi connectivity index (χ3v) is 10.3. The van der Waals surface area contributed by atoms with E-state index >= 15 is 0 Å². The van der Waals surface area contributed by atoms with Crippen molar-refractivity contribution in [3.63, 3.8) is 0 Å². The number of benzene rings is 1. The maximum Gasteiger partial charge on any atom is 0.233 e. The summed E-state index contributed by atoms with van der Waals surface area (Å²) < 4.78 is 20.2. The number of anilines is 3. The Morgan fingerprint density at radius 2 is 1.71 bits per heavy atom. The Hall–Kier alpha value is -3.36. The van der Waals surface area contributed by atoms with E-state index in [1.165, 1.54) is 0 Å². The lowest BCUT2D eigenvalue weighted by molar-refractivity contribution is -0.211. The van der Waals surface area contributed by atoms with E-state index in [1.807, 2.05) is 36.1 Å². The van der Waals surface area contributed by atoms with Crippen LogP contribution in [0.5, 0.6) is 0 Å². The van der Waals surface area contributed by atoms with Gasteiger partial charge in [0.05, 0.1) is 5.41 Å². The van der Waals surface area contributed by atoms with E-state index in [2.05, 4.69) is 41.2 Å². The van der Waals surface area contributed by atoms with Gasteiger partial charge in [0.2, 0.25) is 17.7 Å². The second kappa shape index (κ2) is 8.82. The smallest absolute Gasteiger partial charge is 0.233 e. The Kier molecular flexibility index (Phi) is 5.71. The van der Waals surface area contributed by atoms with Gasteiger partial charge in [-0.05, 0) is 93.9 Å². The fourth-order valence-corrected chi connectivity index (χ4v) is 7.71. The lowest BCUT2D eigenvalue weighted by Crippen LogP contribution is -2.71. The first-order chi connectivity index (χ1) is 19.4. The van der Waals surface area contributed by atoms with Crippen LogP contribution < -0.4 is 10.2 Å². The van der Waals surface area contributed by atoms with Crippen molar-refractivity contribution in [1.82, 2.24) is 20.1 Å². The zero-order valence-corrected chi connectivity index (χ0v) is 24.5. The molecule has 1 aromatic carbocycles. The Labute approximate surface area is 240 Å². The van der Waals surface area contributed by atoms with Crippen molar-refractivity contribution in [1.29, 1.82) is 0 Å². The number of aryl methyl sites for hydroxylation is 1. The molecule has 4 bridgehead atoms. The minimum Gasteiger partial charge on any atom is -0.339 e. The molecule has 6 saturated carbocycles. The number of aromatic nitrogens is 4. The number of hydrogen-bond donors (Lipinski definition) is 1. The summed E-state index contributed by atoms with van der Waals surface area (Å²) in [4.78, 5) is 29.7. The van der Waals surface area contributed by atoms with Crippen molar-refractivity contribution in [3.05, 3.63) is 53.9 Å². The summed E-state index contributed by atoms with van der Waals surface area (Å²) >= 11 is 0. The average molecular weight is 559 g/mol. The highest BCUT2D eigenvalue weighted by atomic mass is 19.1. The molecule has 8 nitrogen and oxygen atoms in total. The molecular weight excluding hydrogens is 519 g/mol. The molecule has 0 unspecified atom stereocenters. The van der Waals surface area contributed by atoms with E-state index in [4.69, 9.17) is 9.51 Å². The second-order valence-electron chi connectivity index (χ2n) is 14.6. The molecule has 2 aromatic heterocycles. The van der Waals surface area contributed by atoms with Crippen molar-refractivity contribution in [3.8, 4) is 0 Å². The van der Waals surface area contributed by atoms with E-state index in [1.54, 1.807) is 12.4 Å². The highest BCUT2D eigenvalue weighted by molar-refractivity contribution is 6.00. The van der Waals surface area contributed by atoms with Crippen LogP contribution in [0.3, 0.4) is 0 Å². The molecule has 0 aliphatic heterocycles. The molecule has 6 fully saturated rings. The maximum atomic E-state index is 14.5. The fourth-order valence-electron chi connectivity index (χ4n) is 7.71. The van der Waals surface area contributed by atoms with Gasteiger partial charge in [0.15, 0.2) is 5.82 Å². The van der Waals surface area contributed by atoms with Gasteiger partial charge in [0.1, 0.15) is 5.67 Å². The molecule has 6 aliphatic rings. The number of nitrogens with zero attached hydrogens (tertiary/aromatic N) is 5. The first-order valence-corrected chi connectivity index (χ1v) is 14.9. The Balaban J connectivity index is 1.13. The van der Waals surface area contributed by atoms with Gasteiger partial charge in [0.25, 0.3) is 0 Å². The highest BCUT2D eigenvalue weighted by Gasteiger charge is 2.73. The van der Waals surface area contributed by atoms with Gasteiger partial charge in [-0.25, -0.2) is 14.4 Å². The maximum absolute atomic E-state index is 14.5. The van der Waals surface area contributed by atoms with Crippen LogP contribution in [0.15, 0.2) is 41.2 Å². The van der Waals surface area contributed by atoms with Crippen LogP contribution >= 0.6 is 0 Å². The van der Waals surface area contributed by atoms with E-state index in [9.17, 15) is 9.18 Å². The topological polar surface area (TPSA) is 97.0 Å². The fraction of sp³-hybridized carbons (Fsp3) is 0.594. The summed E-state index contributed by atoms with van der Waals surface area (Å²) in [5.74, 6) is 2.12. The SMILES string of the molecule is Cc1cnc(Nc2cccc(N(CC34CCC(c5noc(C(C)(C)C)n5)(CC3)CC4)C(=O)C34CC(F)(C3)C4)c2)nc1. The number of hydrogen-bond acceptors (Lipinski definition) is 7. The van der Waals surface area contributed by atoms with Gasteiger partial charge >= 0.3 is 0 Å². The lowest BCUT2D eigenvalue weighted by atomic mass is 9.41. The van der Waals surface area contributed by atoms with E-state index in [0.29, 0.717) is 37.6 Å². The largest absolute Gasteiger partial charge is 0.339 e. The summed E-state index contributed by atoms with van der Waals surface area (Å²) in [5.41, 5.74) is 0.777. The Bertz CT molecular complexity index is 1450. The summed E-state index contributed by atoms with van der Waals surface area (Å²) in [7, 11) is 0. The van der Waals surface area contributed by atoms with Gasteiger partial charge in [-0.15, -0.1) is 0 Å². The second-order valence-corrected chi connectivity index (χ2v) is 14.6. The van der Waals surface area contributed by atoms with Crippen molar-refractivity contribution < 1.29 is 13.7 Å². The van der Waals surface area contributed by atoms with E-state index in [-0.39, 0.29) is 22.2 Å². The number of carbonyl (C=O) groups excluding carboxylic acids is 1. The molecule has 0 atom stereocenters. The zero-order chi connectivity index (χ0) is 28.7. The van der Waals surface area contributed by atoms with Crippen molar-refractivity contribution >= 4 is 23.2 Å². The minimum absolute atomic E-state index is 0.0223. The summed E-state index contributed by atoms with van der Waals surface area (Å²) in [5, 5.41) is 7.72. The third-order valence-electron chi connectivity index (χ3n) is 10.3. The quantitative estimate of drug-likeness (QED) is 0.344. The molecule has 3 aromatic rings. The van der Waals surface area contributed by atoms with Gasteiger partial charge < -0.3 is 14.7 Å². The number of alkyl halides is 1. The number of fused-ring (bicyclic) bond motifs is 3. The standard InChI is InChI=1S/C32H39FN6O2/c1-21-15-34-27(35-16-21)36-22-6-5-7-23(14-22)39(26(40)31-17-32(33,18-31)19-31)20-29-8-11-30(12-9-29,13-10-29)24-37-25(41-38-24)28(2,3)4/h5-7,14-16H,8-13,17-20H2,1-4H3,(H,34,35,36). The summed E-state index contributed by atoms with van der Waals surface area (Å²) in [6.07, 6.45) is 10.6. The number of amides is 1. The number of rotatable bonds is 7. The zero-order valence-electron chi connectivity index (χ0n) is 24.5. The van der Waals surface area contributed by atoms with E-state index < -0.39 is 11.1 Å². The lowest BCUT2D eigenvalue weighted by Gasteiger charge is -2.65. The summed E-state index contributed by atoms with van der Waals surface area (Å²) in [6.45, 7) is 8.87. The van der Waals surface area contributed by atoms with Crippen molar-refractivity contribution in [2.45, 2.75) is 102 Å². The number of carbonyl (C=O) groups is 1. The van der Waals surface area contributed by atoms with Gasteiger partial charge in [-0.2, -0.15) is 4.98 Å². The normalized spacial score (nSPS) is 31.7. The molecular formula is C32H39FN6O2. The number of nitrogens with one attached hydrogen (secondary N) is 1. The molecule has 1 N–H and O–H groups in total. The predicted molar refractivity (Wildman–Crippen MR) is 154 cm³/mol. The van der Waals surface area contributed by atoms with Crippen LogP contribution in [0.4, 0.5) is 21.7 Å². The molecule has 1 amide bonds. The third kappa shape index (κ3) is 4.43. The summed E-state index contributed by atoms with van der Waals surface area (Å²) in [6, 6.07) is 7.91. The minimum atomic E-state index is -1.13. The highest BCUT2D eigenvalue weighted by Crippen LogP contribution is 2.70. The number of halogens is 1. The molecule has 6 aliphatic carbocycles. The van der Waals surface area contributed by atoms with Gasteiger partial charge in [-0.1, -0.05) is 32.0 Å². The van der Waals surface area contributed by atoms with Crippen molar-refractivity contribution in [2.24, 2.45) is 10.8 Å². The average Bonchev–Trinajstić information content (AvgIpc) is 3.44. The van der Waals surface area contributed by atoms with Crippen LogP contribution in [0.2, 0.25) is 0 Å². The van der Waals surface area contributed by atoms with Crippen LogP contribution in [-0.2, 0) is 15.6 Å². The first kappa shape index (κ1) is 26.5. The van der Waals surface area contributed by atoms with Crippen LogP contribution in [0.25, 0.3) is 0 Å². The first-order valence-electron chi connectivity index (χ1n) is 14.9. The molecule has 9 rings (SSSR count). The molecule has 0 saturated heterocycles. The molecule has 2 heterocycles. The molecule has 0 radical (unpaired) electrons. The molecule has 9 heteroatoms. The van der Waals surface area contributed by atoms with Gasteiger partial charge in [-0.3, -0.25) is 4.79 Å². The molecule has 0 spiro atoms. The van der Waals surface area contributed by atoms with Crippen LogP contribution in [0.1, 0.15) is 95.8 Å². The van der Waals surface area contributed by atoms with Gasteiger partial charge in [0, 0.05) is 41.1 Å².